The van der Waals surface area contributed by atoms with Crippen LogP contribution in [0.1, 0.15) is 13.8 Å². The average Bonchev–Trinajstić information content (AvgIpc) is 2.12. The number of carbonyl (C=O) groups is 3. The molecule has 6 N–H and O–H groups in total. The Labute approximate surface area is 91.8 Å². The number of rotatable bonds is 5. The zero-order chi connectivity index (χ0) is 12.9. The van der Waals surface area contributed by atoms with Crippen LogP contribution in [0, 0.1) is 0 Å². The van der Waals surface area contributed by atoms with E-state index in [9.17, 15) is 19.5 Å². The number of carbonyl (C=O) groups excluding carboxylic acids is 2. The minimum atomic E-state index is -2.05. The Kier molecular flexibility index (Phi) is 4.70. The second kappa shape index (κ2) is 5.31. The lowest BCUT2D eigenvalue weighted by molar-refractivity contribution is -0.156. The lowest BCUT2D eigenvalue weighted by Gasteiger charge is -2.20. The molecule has 3 amide bonds. The highest BCUT2D eigenvalue weighted by molar-refractivity contribution is 5.86. The lowest BCUT2D eigenvalue weighted by Crippen LogP contribution is -2.52. The summed E-state index contributed by atoms with van der Waals surface area (Å²) in [5.41, 5.74) is 2.73. The molecule has 0 heterocycles. The van der Waals surface area contributed by atoms with Crippen molar-refractivity contribution in [3.8, 4) is 0 Å². The molecule has 0 aliphatic heterocycles. The molecule has 0 bridgehead atoms. The van der Waals surface area contributed by atoms with Gasteiger partial charge in [-0.2, -0.15) is 0 Å². The Bertz CT molecular complexity index is 302. The van der Waals surface area contributed by atoms with Gasteiger partial charge in [-0.05, 0) is 13.8 Å². The Balaban J connectivity index is 4.17. The molecular formula is C8H15N3O5. The molecule has 0 aromatic heterocycles. The van der Waals surface area contributed by atoms with E-state index >= 15 is 0 Å². The molecule has 0 saturated carbocycles. The topological polar surface area (TPSA) is 142 Å². The number of primary amides is 1. The Morgan fingerprint density at radius 1 is 1.44 bits per heavy atom. The SMILES string of the molecule is CC(NC(N)=O)C(=O)NCC(C)(O)C(=O)O. The largest absolute Gasteiger partial charge is 0.479 e. The molecule has 0 radical (unpaired) electrons. The predicted octanol–water partition coefficient (Wildman–Crippen LogP) is -2.00. The first-order valence-corrected chi connectivity index (χ1v) is 4.46. The van der Waals surface area contributed by atoms with E-state index in [1.165, 1.54) is 6.92 Å². The first-order chi connectivity index (χ1) is 7.16. The van der Waals surface area contributed by atoms with Gasteiger partial charge >= 0.3 is 12.0 Å². The Morgan fingerprint density at radius 2 is 1.94 bits per heavy atom. The van der Waals surface area contributed by atoms with Crippen molar-refractivity contribution in [3.63, 3.8) is 0 Å². The summed E-state index contributed by atoms with van der Waals surface area (Å²) < 4.78 is 0. The van der Waals surface area contributed by atoms with Crippen molar-refractivity contribution in [1.29, 1.82) is 0 Å². The highest BCUT2D eigenvalue weighted by atomic mass is 16.4. The van der Waals surface area contributed by atoms with E-state index in [-0.39, 0.29) is 0 Å². The summed E-state index contributed by atoms with van der Waals surface area (Å²) in [6, 6.07) is -1.77. The monoisotopic (exact) mass is 233 g/mol. The summed E-state index contributed by atoms with van der Waals surface area (Å²) in [5, 5.41) is 22.1. The number of nitrogens with two attached hydrogens (primary N) is 1. The number of carboxylic acid groups (broad SMARTS) is 1. The molecule has 2 unspecified atom stereocenters. The molecule has 0 fully saturated rings. The zero-order valence-corrected chi connectivity index (χ0v) is 8.98. The van der Waals surface area contributed by atoms with Crippen LogP contribution in [0.2, 0.25) is 0 Å². The molecule has 8 heteroatoms. The fraction of sp³-hybridized carbons (Fsp3) is 0.625. The standard InChI is InChI=1S/C8H15N3O5/c1-4(11-7(9)15)5(12)10-3-8(2,16)6(13)14/h4,16H,3H2,1-2H3,(H,10,12)(H,13,14)(H3,9,11,15). The van der Waals surface area contributed by atoms with Gasteiger partial charge < -0.3 is 26.6 Å². The van der Waals surface area contributed by atoms with E-state index < -0.39 is 36.1 Å². The summed E-state index contributed by atoms with van der Waals surface area (Å²) in [7, 11) is 0. The molecule has 0 aliphatic carbocycles. The number of aliphatic carboxylic acids is 1. The number of hydrogen-bond acceptors (Lipinski definition) is 4. The number of carboxylic acids is 1. The maximum atomic E-state index is 11.3. The Hall–Kier alpha value is -1.83. The van der Waals surface area contributed by atoms with Crippen LogP contribution in [0.15, 0.2) is 0 Å². The second-order valence-electron chi connectivity index (χ2n) is 3.53. The summed E-state index contributed by atoms with van der Waals surface area (Å²) >= 11 is 0. The fourth-order valence-electron chi connectivity index (χ4n) is 0.767. The smallest absolute Gasteiger partial charge is 0.337 e. The van der Waals surface area contributed by atoms with Crippen molar-refractivity contribution in [3.05, 3.63) is 0 Å². The summed E-state index contributed by atoms with van der Waals surface area (Å²) in [5.74, 6) is -2.09. The molecule has 0 aliphatic rings. The fourth-order valence-corrected chi connectivity index (χ4v) is 0.767. The van der Waals surface area contributed by atoms with E-state index in [2.05, 4.69) is 10.6 Å². The minimum Gasteiger partial charge on any atom is -0.479 e. The van der Waals surface area contributed by atoms with Crippen molar-refractivity contribution in [2.75, 3.05) is 6.54 Å². The Morgan fingerprint density at radius 3 is 2.31 bits per heavy atom. The van der Waals surface area contributed by atoms with Crippen LogP contribution >= 0.6 is 0 Å². The number of hydrogen-bond donors (Lipinski definition) is 5. The van der Waals surface area contributed by atoms with Crippen molar-refractivity contribution < 1.29 is 24.6 Å². The van der Waals surface area contributed by atoms with Crippen molar-refractivity contribution in [1.82, 2.24) is 10.6 Å². The third kappa shape index (κ3) is 4.60. The molecular weight excluding hydrogens is 218 g/mol. The van der Waals surface area contributed by atoms with Crippen LogP contribution < -0.4 is 16.4 Å². The summed E-state index contributed by atoms with van der Waals surface area (Å²) in [6.07, 6.45) is 0. The summed E-state index contributed by atoms with van der Waals surface area (Å²) in [6.45, 7) is 1.95. The predicted molar refractivity (Wildman–Crippen MR) is 53.5 cm³/mol. The van der Waals surface area contributed by atoms with Gasteiger partial charge in [0.1, 0.15) is 6.04 Å². The van der Waals surface area contributed by atoms with Crippen molar-refractivity contribution >= 4 is 17.9 Å². The van der Waals surface area contributed by atoms with Gasteiger partial charge in [-0.15, -0.1) is 0 Å². The maximum absolute atomic E-state index is 11.3. The molecule has 0 aromatic carbocycles. The van der Waals surface area contributed by atoms with Gasteiger partial charge in [0.15, 0.2) is 5.60 Å². The van der Waals surface area contributed by atoms with Gasteiger partial charge in [-0.1, -0.05) is 0 Å². The molecule has 92 valence electrons. The van der Waals surface area contributed by atoms with E-state index in [0.29, 0.717) is 0 Å². The molecule has 0 aromatic rings. The normalized spacial score (nSPS) is 15.7. The third-order valence-electron chi connectivity index (χ3n) is 1.82. The molecule has 0 spiro atoms. The first-order valence-electron chi connectivity index (χ1n) is 4.46. The maximum Gasteiger partial charge on any atom is 0.337 e. The minimum absolute atomic E-state index is 0.466. The van der Waals surface area contributed by atoms with E-state index in [1.54, 1.807) is 0 Å². The van der Waals surface area contributed by atoms with Crippen LogP contribution in [-0.2, 0) is 9.59 Å². The highest BCUT2D eigenvalue weighted by Gasteiger charge is 2.30. The molecule has 0 rings (SSSR count). The van der Waals surface area contributed by atoms with Gasteiger partial charge in [0.05, 0.1) is 6.54 Å². The van der Waals surface area contributed by atoms with E-state index in [1.807, 2.05) is 0 Å². The molecule has 0 saturated heterocycles. The van der Waals surface area contributed by atoms with Crippen LogP contribution in [0.4, 0.5) is 4.79 Å². The van der Waals surface area contributed by atoms with E-state index in [0.717, 1.165) is 6.92 Å². The van der Waals surface area contributed by atoms with Gasteiger partial charge in [-0.3, -0.25) is 4.79 Å². The second-order valence-corrected chi connectivity index (χ2v) is 3.53. The van der Waals surface area contributed by atoms with Crippen molar-refractivity contribution in [2.24, 2.45) is 5.73 Å². The first kappa shape index (κ1) is 14.2. The van der Waals surface area contributed by atoms with Gasteiger partial charge in [-0.25, -0.2) is 9.59 Å². The number of urea groups is 1. The van der Waals surface area contributed by atoms with Crippen molar-refractivity contribution in [2.45, 2.75) is 25.5 Å². The molecule has 2 atom stereocenters. The zero-order valence-electron chi connectivity index (χ0n) is 8.98. The summed E-state index contributed by atoms with van der Waals surface area (Å²) in [4.78, 5) is 32.2. The van der Waals surface area contributed by atoms with Crippen LogP contribution in [0.5, 0.6) is 0 Å². The van der Waals surface area contributed by atoms with E-state index in [4.69, 9.17) is 10.8 Å². The van der Waals surface area contributed by atoms with Gasteiger partial charge in [0.25, 0.3) is 0 Å². The lowest BCUT2D eigenvalue weighted by atomic mass is 10.1. The van der Waals surface area contributed by atoms with Gasteiger partial charge in [0, 0.05) is 0 Å². The number of amides is 3. The number of aliphatic hydroxyl groups is 1. The third-order valence-corrected chi connectivity index (χ3v) is 1.82. The van der Waals surface area contributed by atoms with Crippen LogP contribution in [0.25, 0.3) is 0 Å². The van der Waals surface area contributed by atoms with Gasteiger partial charge in [0.2, 0.25) is 5.91 Å². The van der Waals surface area contributed by atoms with Crippen LogP contribution in [0.3, 0.4) is 0 Å². The highest BCUT2D eigenvalue weighted by Crippen LogP contribution is 2.00. The quantitative estimate of drug-likeness (QED) is 0.373. The molecule has 16 heavy (non-hydrogen) atoms. The van der Waals surface area contributed by atoms with Crippen LogP contribution in [-0.4, -0.2) is 46.3 Å². The number of nitrogens with one attached hydrogen (secondary N) is 2. The average molecular weight is 233 g/mol. The molecule has 8 nitrogen and oxygen atoms in total.